The number of likely N-dealkylation sites (tertiary alicyclic amines) is 1. The Bertz CT molecular complexity index is 1180. The van der Waals surface area contributed by atoms with Crippen LogP contribution in [0, 0.1) is 6.92 Å². The van der Waals surface area contributed by atoms with E-state index < -0.39 is 0 Å². The molecule has 1 saturated heterocycles. The molecule has 2 amide bonds. The highest BCUT2D eigenvalue weighted by Gasteiger charge is 2.33. The minimum absolute atomic E-state index is 0.0874. The van der Waals surface area contributed by atoms with Gasteiger partial charge in [0.15, 0.2) is 16.7 Å². The molecule has 3 aliphatic rings. The molecular formula is C26H27N3O4S. The summed E-state index contributed by atoms with van der Waals surface area (Å²) in [5, 5.41) is 0.513. The molecule has 1 atom stereocenters. The lowest BCUT2D eigenvalue weighted by molar-refractivity contribution is -0.131. The monoisotopic (exact) mass is 477 g/mol. The van der Waals surface area contributed by atoms with E-state index in [4.69, 9.17) is 9.47 Å². The van der Waals surface area contributed by atoms with E-state index in [0.717, 1.165) is 42.6 Å². The number of amides is 2. The first-order valence-corrected chi connectivity index (χ1v) is 12.5. The second-order valence-corrected chi connectivity index (χ2v) is 9.68. The van der Waals surface area contributed by atoms with Crippen molar-refractivity contribution in [2.45, 2.75) is 39.2 Å². The average Bonchev–Trinajstić information content (AvgIpc) is 3.42. The van der Waals surface area contributed by atoms with Crippen molar-refractivity contribution in [2.24, 2.45) is 4.99 Å². The summed E-state index contributed by atoms with van der Waals surface area (Å²) in [5.41, 5.74) is 2.95. The molecule has 8 heteroatoms. The van der Waals surface area contributed by atoms with Gasteiger partial charge in [-0.1, -0.05) is 35.5 Å². The smallest absolute Gasteiger partial charge is 0.283 e. The maximum Gasteiger partial charge on any atom is 0.283 e. The van der Waals surface area contributed by atoms with Gasteiger partial charge in [-0.25, -0.2) is 4.99 Å². The van der Waals surface area contributed by atoms with Crippen LogP contribution in [0.5, 0.6) is 11.5 Å². The molecule has 0 bridgehead atoms. The number of carbonyl (C=O) groups is 2. The SMILES string of the molecule is Cc1ccc(N2C(=O)/C(=C\c3ccc4c(c3)OCO4)N=C2SCC(=O)N2CCCCC2C)cc1. The normalized spacial score (nSPS) is 20.8. The summed E-state index contributed by atoms with van der Waals surface area (Å²) in [6.07, 6.45) is 4.98. The van der Waals surface area contributed by atoms with Gasteiger partial charge in [0, 0.05) is 12.6 Å². The summed E-state index contributed by atoms with van der Waals surface area (Å²) >= 11 is 1.31. The van der Waals surface area contributed by atoms with Gasteiger partial charge in [0.25, 0.3) is 5.91 Å². The molecule has 0 spiro atoms. The number of hydrogen-bond donors (Lipinski definition) is 0. The largest absolute Gasteiger partial charge is 0.454 e. The molecular weight excluding hydrogens is 450 g/mol. The van der Waals surface area contributed by atoms with Gasteiger partial charge in [0.05, 0.1) is 11.4 Å². The minimum atomic E-state index is -0.220. The fourth-order valence-corrected chi connectivity index (χ4v) is 5.25. The molecule has 1 unspecified atom stereocenters. The summed E-state index contributed by atoms with van der Waals surface area (Å²) < 4.78 is 10.8. The van der Waals surface area contributed by atoms with Crippen LogP contribution in [-0.2, 0) is 9.59 Å². The quantitative estimate of drug-likeness (QED) is 0.602. The Hall–Kier alpha value is -3.26. The Balaban J connectivity index is 1.41. The fourth-order valence-electron chi connectivity index (χ4n) is 4.35. The number of rotatable bonds is 4. The number of amidine groups is 1. The maximum absolute atomic E-state index is 13.4. The van der Waals surface area contributed by atoms with Crippen LogP contribution in [0.15, 0.2) is 53.2 Å². The predicted molar refractivity (Wildman–Crippen MR) is 134 cm³/mol. The van der Waals surface area contributed by atoms with Gasteiger partial charge < -0.3 is 14.4 Å². The number of benzene rings is 2. The van der Waals surface area contributed by atoms with Gasteiger partial charge in [-0.15, -0.1) is 0 Å². The van der Waals surface area contributed by atoms with E-state index in [9.17, 15) is 9.59 Å². The highest BCUT2D eigenvalue weighted by atomic mass is 32.2. The standard InChI is InChI=1S/C26H27N3O4S/c1-17-6-9-20(10-7-17)29-25(31)21(13-19-8-11-22-23(14-19)33-16-32-22)27-26(29)34-15-24(30)28-12-4-3-5-18(28)2/h6-11,13-14,18H,3-5,12,15-16H2,1-2H3/b21-13+. The molecule has 3 aliphatic heterocycles. The molecule has 7 nitrogen and oxygen atoms in total. The van der Waals surface area contributed by atoms with Crippen LogP contribution in [0.25, 0.3) is 6.08 Å². The maximum atomic E-state index is 13.4. The zero-order valence-electron chi connectivity index (χ0n) is 19.3. The van der Waals surface area contributed by atoms with E-state index in [2.05, 4.69) is 11.9 Å². The van der Waals surface area contributed by atoms with Crippen LogP contribution in [0.3, 0.4) is 0 Å². The molecule has 1 fully saturated rings. The van der Waals surface area contributed by atoms with Crippen LogP contribution >= 0.6 is 11.8 Å². The molecule has 0 saturated carbocycles. The molecule has 0 radical (unpaired) electrons. The number of fused-ring (bicyclic) bond motifs is 1. The van der Waals surface area contributed by atoms with Gasteiger partial charge in [0.1, 0.15) is 5.70 Å². The third-order valence-electron chi connectivity index (χ3n) is 6.27. The predicted octanol–water partition coefficient (Wildman–Crippen LogP) is 4.60. The number of aliphatic imine (C=N–C) groups is 1. The molecule has 0 aliphatic carbocycles. The van der Waals surface area contributed by atoms with E-state index in [1.807, 2.05) is 54.3 Å². The molecule has 3 heterocycles. The van der Waals surface area contributed by atoms with Crippen molar-refractivity contribution in [2.75, 3.05) is 24.0 Å². The number of anilines is 1. The fraction of sp³-hybridized carbons (Fsp3) is 0.346. The first-order valence-electron chi connectivity index (χ1n) is 11.5. The molecule has 2 aromatic carbocycles. The van der Waals surface area contributed by atoms with Crippen molar-refractivity contribution >= 4 is 40.5 Å². The van der Waals surface area contributed by atoms with Crippen molar-refractivity contribution < 1.29 is 19.1 Å². The molecule has 34 heavy (non-hydrogen) atoms. The van der Waals surface area contributed by atoms with E-state index in [1.165, 1.54) is 11.8 Å². The van der Waals surface area contributed by atoms with E-state index in [0.29, 0.717) is 22.4 Å². The number of piperidine rings is 1. The Labute approximate surface area is 203 Å². The Morgan fingerprint density at radius 1 is 1.15 bits per heavy atom. The van der Waals surface area contributed by atoms with E-state index in [1.54, 1.807) is 11.0 Å². The summed E-state index contributed by atoms with van der Waals surface area (Å²) in [7, 11) is 0. The summed E-state index contributed by atoms with van der Waals surface area (Å²) in [4.78, 5) is 34.5. The highest BCUT2D eigenvalue weighted by molar-refractivity contribution is 8.14. The molecule has 0 N–H and O–H groups in total. The third kappa shape index (κ3) is 4.55. The molecule has 176 valence electrons. The first-order chi connectivity index (χ1) is 16.5. The summed E-state index contributed by atoms with van der Waals surface area (Å²) in [5.74, 6) is 1.45. The second kappa shape index (κ2) is 9.54. The first kappa shape index (κ1) is 22.5. The second-order valence-electron chi connectivity index (χ2n) is 8.73. The Morgan fingerprint density at radius 2 is 1.94 bits per heavy atom. The summed E-state index contributed by atoms with van der Waals surface area (Å²) in [6.45, 7) is 5.09. The van der Waals surface area contributed by atoms with Gasteiger partial charge in [-0.2, -0.15) is 0 Å². The number of nitrogens with zero attached hydrogens (tertiary/aromatic N) is 3. The Kier molecular flexibility index (Phi) is 6.32. The van der Waals surface area contributed by atoms with Crippen molar-refractivity contribution in [3.8, 4) is 11.5 Å². The molecule has 0 aromatic heterocycles. The van der Waals surface area contributed by atoms with E-state index in [-0.39, 0.29) is 30.4 Å². The summed E-state index contributed by atoms with van der Waals surface area (Å²) in [6, 6.07) is 13.5. The topological polar surface area (TPSA) is 71.4 Å². The van der Waals surface area contributed by atoms with Gasteiger partial charge in [-0.3, -0.25) is 14.5 Å². The van der Waals surface area contributed by atoms with Crippen molar-refractivity contribution in [3.05, 3.63) is 59.3 Å². The van der Waals surface area contributed by atoms with Gasteiger partial charge in [0.2, 0.25) is 12.7 Å². The minimum Gasteiger partial charge on any atom is -0.454 e. The third-order valence-corrected chi connectivity index (χ3v) is 7.19. The van der Waals surface area contributed by atoms with Crippen LogP contribution in [0.4, 0.5) is 5.69 Å². The lowest BCUT2D eigenvalue weighted by Crippen LogP contribution is -2.43. The lowest BCUT2D eigenvalue weighted by atomic mass is 10.0. The Morgan fingerprint density at radius 3 is 2.74 bits per heavy atom. The average molecular weight is 478 g/mol. The van der Waals surface area contributed by atoms with E-state index >= 15 is 0 Å². The zero-order chi connectivity index (χ0) is 23.7. The van der Waals surface area contributed by atoms with Crippen LogP contribution in [0.2, 0.25) is 0 Å². The number of thioether (sulfide) groups is 1. The molecule has 5 rings (SSSR count). The van der Waals surface area contributed by atoms with Gasteiger partial charge in [-0.05, 0) is 69.0 Å². The lowest BCUT2D eigenvalue weighted by Gasteiger charge is -2.33. The zero-order valence-corrected chi connectivity index (χ0v) is 20.1. The number of carbonyl (C=O) groups excluding carboxylic acids is 2. The van der Waals surface area contributed by atoms with Crippen molar-refractivity contribution in [1.82, 2.24) is 4.90 Å². The van der Waals surface area contributed by atoms with Crippen LogP contribution < -0.4 is 14.4 Å². The highest BCUT2D eigenvalue weighted by Crippen LogP contribution is 2.35. The molecule has 2 aromatic rings. The number of ether oxygens (including phenoxy) is 2. The number of hydrogen-bond acceptors (Lipinski definition) is 6. The van der Waals surface area contributed by atoms with Crippen molar-refractivity contribution in [3.63, 3.8) is 0 Å². The van der Waals surface area contributed by atoms with Crippen molar-refractivity contribution in [1.29, 1.82) is 0 Å². The van der Waals surface area contributed by atoms with Crippen LogP contribution in [-0.4, -0.2) is 47.0 Å². The van der Waals surface area contributed by atoms with Gasteiger partial charge >= 0.3 is 0 Å². The number of aryl methyl sites for hydroxylation is 1. The van der Waals surface area contributed by atoms with Crippen LogP contribution in [0.1, 0.15) is 37.3 Å².